The highest BCUT2D eigenvalue weighted by atomic mass is 19.4. The normalized spacial score (nSPS) is 20.3. The molecule has 0 unspecified atom stereocenters. The predicted octanol–water partition coefficient (Wildman–Crippen LogP) is 4.70. The monoisotopic (exact) mass is 321 g/mol. The summed E-state index contributed by atoms with van der Waals surface area (Å²) in [6.07, 6.45) is -5.04. The Hall–Kier alpha value is -2.04. The fourth-order valence-corrected chi connectivity index (χ4v) is 3.40. The SMILES string of the molecule is C[C@H](c1cccc2ccccc12)N1CC[C@@H](CC(F)(F)F)C1=O. The lowest BCUT2D eigenvalue weighted by Gasteiger charge is -2.26. The second-order valence-corrected chi connectivity index (χ2v) is 6.08. The van der Waals surface area contributed by atoms with E-state index < -0.39 is 18.5 Å². The zero-order valence-electron chi connectivity index (χ0n) is 12.8. The third kappa shape index (κ3) is 3.19. The number of likely N-dealkylation sites (tertiary alicyclic amines) is 1. The van der Waals surface area contributed by atoms with Gasteiger partial charge in [-0.25, -0.2) is 0 Å². The number of hydrogen-bond donors (Lipinski definition) is 0. The van der Waals surface area contributed by atoms with E-state index in [9.17, 15) is 18.0 Å². The number of amides is 1. The number of carbonyl (C=O) groups excluding carboxylic acids is 1. The molecule has 1 aliphatic rings. The van der Waals surface area contributed by atoms with E-state index in [2.05, 4.69) is 0 Å². The summed E-state index contributed by atoms with van der Waals surface area (Å²) in [6, 6.07) is 13.5. The first-order valence-corrected chi connectivity index (χ1v) is 7.72. The standard InChI is InChI=1S/C18H18F3NO/c1-12(15-8-4-6-13-5-2-3-7-16(13)15)22-10-9-14(17(22)23)11-18(19,20)21/h2-8,12,14H,9-11H2,1H3/t12-,14+/m1/s1. The number of alkyl halides is 3. The van der Waals surface area contributed by atoms with Crippen LogP contribution in [0.2, 0.25) is 0 Å². The molecule has 122 valence electrons. The van der Waals surface area contributed by atoms with Crippen LogP contribution in [0.1, 0.15) is 31.4 Å². The van der Waals surface area contributed by atoms with E-state index in [-0.39, 0.29) is 18.4 Å². The van der Waals surface area contributed by atoms with Crippen molar-refractivity contribution in [2.45, 2.75) is 32.0 Å². The van der Waals surface area contributed by atoms with Crippen LogP contribution in [0.3, 0.4) is 0 Å². The molecule has 1 heterocycles. The molecule has 1 saturated heterocycles. The molecule has 2 nitrogen and oxygen atoms in total. The van der Waals surface area contributed by atoms with Gasteiger partial charge >= 0.3 is 6.18 Å². The summed E-state index contributed by atoms with van der Waals surface area (Å²) in [5, 5.41) is 2.10. The van der Waals surface area contributed by atoms with Crippen LogP contribution in [0.15, 0.2) is 42.5 Å². The summed E-state index contributed by atoms with van der Waals surface area (Å²) in [5.41, 5.74) is 0.976. The van der Waals surface area contributed by atoms with Crippen LogP contribution >= 0.6 is 0 Å². The second-order valence-electron chi connectivity index (χ2n) is 6.08. The Morgan fingerprint density at radius 1 is 1.17 bits per heavy atom. The van der Waals surface area contributed by atoms with E-state index in [0.29, 0.717) is 6.54 Å². The summed E-state index contributed by atoms with van der Waals surface area (Å²) in [6.45, 7) is 2.26. The Morgan fingerprint density at radius 2 is 1.87 bits per heavy atom. The molecule has 0 spiro atoms. The molecule has 1 aliphatic heterocycles. The maximum absolute atomic E-state index is 12.6. The smallest absolute Gasteiger partial charge is 0.336 e. The van der Waals surface area contributed by atoms with Gasteiger partial charge in [0.25, 0.3) is 0 Å². The molecular weight excluding hydrogens is 303 g/mol. The van der Waals surface area contributed by atoms with E-state index in [0.717, 1.165) is 16.3 Å². The molecule has 1 fully saturated rings. The van der Waals surface area contributed by atoms with Crippen molar-refractivity contribution in [3.63, 3.8) is 0 Å². The number of hydrogen-bond acceptors (Lipinski definition) is 1. The number of fused-ring (bicyclic) bond motifs is 1. The van der Waals surface area contributed by atoms with Crippen LogP contribution in [-0.4, -0.2) is 23.5 Å². The molecule has 23 heavy (non-hydrogen) atoms. The van der Waals surface area contributed by atoms with E-state index in [4.69, 9.17) is 0 Å². The zero-order valence-corrected chi connectivity index (χ0v) is 12.8. The van der Waals surface area contributed by atoms with Crippen molar-refractivity contribution in [1.29, 1.82) is 0 Å². The van der Waals surface area contributed by atoms with Crippen molar-refractivity contribution in [3.8, 4) is 0 Å². The van der Waals surface area contributed by atoms with Crippen molar-refractivity contribution in [3.05, 3.63) is 48.0 Å². The predicted molar refractivity (Wildman–Crippen MR) is 82.9 cm³/mol. The van der Waals surface area contributed by atoms with Gasteiger partial charge in [0.15, 0.2) is 0 Å². The fraction of sp³-hybridized carbons (Fsp3) is 0.389. The molecule has 0 N–H and O–H groups in total. The van der Waals surface area contributed by atoms with Gasteiger partial charge < -0.3 is 4.90 Å². The molecule has 3 rings (SSSR count). The number of nitrogens with zero attached hydrogens (tertiary/aromatic N) is 1. The largest absolute Gasteiger partial charge is 0.389 e. The molecule has 0 radical (unpaired) electrons. The maximum Gasteiger partial charge on any atom is 0.389 e. The van der Waals surface area contributed by atoms with E-state index in [1.165, 1.54) is 0 Å². The van der Waals surface area contributed by atoms with Gasteiger partial charge in [0.1, 0.15) is 0 Å². The van der Waals surface area contributed by atoms with E-state index in [1.807, 2.05) is 49.4 Å². The molecule has 0 aliphatic carbocycles. The highest BCUT2D eigenvalue weighted by molar-refractivity contribution is 5.87. The van der Waals surface area contributed by atoms with Gasteiger partial charge in [-0.1, -0.05) is 42.5 Å². The first kappa shape index (κ1) is 15.8. The van der Waals surface area contributed by atoms with Gasteiger partial charge in [-0.2, -0.15) is 13.2 Å². The first-order valence-electron chi connectivity index (χ1n) is 7.72. The lowest BCUT2D eigenvalue weighted by atomic mass is 9.98. The van der Waals surface area contributed by atoms with Gasteiger partial charge in [-0.3, -0.25) is 4.79 Å². The van der Waals surface area contributed by atoms with E-state index >= 15 is 0 Å². The highest BCUT2D eigenvalue weighted by Gasteiger charge is 2.42. The Kier molecular flexibility index (Phi) is 4.04. The third-order valence-corrected chi connectivity index (χ3v) is 4.57. The quantitative estimate of drug-likeness (QED) is 0.802. The van der Waals surface area contributed by atoms with Crippen LogP contribution in [-0.2, 0) is 4.79 Å². The summed E-state index contributed by atoms with van der Waals surface area (Å²) < 4.78 is 37.7. The maximum atomic E-state index is 12.6. The fourth-order valence-electron chi connectivity index (χ4n) is 3.40. The molecule has 2 aromatic carbocycles. The summed E-state index contributed by atoms with van der Waals surface area (Å²) in [5.74, 6) is -1.32. The summed E-state index contributed by atoms with van der Waals surface area (Å²) >= 11 is 0. The second kappa shape index (κ2) is 5.87. The van der Waals surface area contributed by atoms with Crippen molar-refractivity contribution in [2.75, 3.05) is 6.54 Å². The molecule has 0 saturated carbocycles. The van der Waals surface area contributed by atoms with Crippen LogP contribution in [0.4, 0.5) is 13.2 Å². The summed E-state index contributed by atoms with van der Waals surface area (Å²) in [4.78, 5) is 13.9. The molecule has 2 atom stereocenters. The van der Waals surface area contributed by atoms with Crippen molar-refractivity contribution >= 4 is 16.7 Å². The number of carbonyl (C=O) groups is 1. The number of benzene rings is 2. The first-order chi connectivity index (χ1) is 10.9. The van der Waals surface area contributed by atoms with Gasteiger partial charge in [-0.05, 0) is 29.7 Å². The third-order valence-electron chi connectivity index (χ3n) is 4.57. The van der Waals surface area contributed by atoms with Crippen molar-refractivity contribution in [1.82, 2.24) is 4.90 Å². The van der Waals surface area contributed by atoms with Crippen LogP contribution < -0.4 is 0 Å². The van der Waals surface area contributed by atoms with Gasteiger partial charge in [0.05, 0.1) is 12.5 Å². The van der Waals surface area contributed by atoms with E-state index in [1.54, 1.807) is 4.90 Å². The van der Waals surface area contributed by atoms with Crippen LogP contribution in [0.25, 0.3) is 10.8 Å². The molecular formula is C18H18F3NO. The number of rotatable bonds is 3. The minimum atomic E-state index is -4.29. The Balaban J connectivity index is 1.86. The minimum Gasteiger partial charge on any atom is -0.336 e. The Bertz CT molecular complexity index is 720. The molecule has 0 aromatic heterocycles. The Morgan fingerprint density at radius 3 is 2.61 bits per heavy atom. The molecule has 1 amide bonds. The van der Waals surface area contributed by atoms with Gasteiger partial charge in [0.2, 0.25) is 5.91 Å². The zero-order chi connectivity index (χ0) is 16.6. The molecule has 0 bridgehead atoms. The average molecular weight is 321 g/mol. The number of halogens is 3. The van der Waals surface area contributed by atoms with Crippen molar-refractivity contribution < 1.29 is 18.0 Å². The highest BCUT2D eigenvalue weighted by Crippen LogP contribution is 2.36. The van der Waals surface area contributed by atoms with Crippen LogP contribution in [0, 0.1) is 5.92 Å². The topological polar surface area (TPSA) is 20.3 Å². The Labute approximate surface area is 132 Å². The van der Waals surface area contributed by atoms with Gasteiger partial charge in [-0.15, -0.1) is 0 Å². The average Bonchev–Trinajstić information content (AvgIpc) is 2.85. The van der Waals surface area contributed by atoms with Crippen LogP contribution in [0.5, 0.6) is 0 Å². The summed E-state index contributed by atoms with van der Waals surface area (Å²) in [7, 11) is 0. The lowest BCUT2D eigenvalue weighted by Crippen LogP contribution is -2.31. The lowest BCUT2D eigenvalue weighted by molar-refractivity contribution is -0.155. The molecule has 5 heteroatoms. The minimum absolute atomic E-state index is 0.230. The van der Waals surface area contributed by atoms with Crippen molar-refractivity contribution in [2.24, 2.45) is 5.92 Å². The van der Waals surface area contributed by atoms with Gasteiger partial charge in [0, 0.05) is 12.5 Å². The molecule has 2 aromatic rings.